The van der Waals surface area contributed by atoms with E-state index < -0.39 is 5.60 Å². The highest BCUT2D eigenvalue weighted by atomic mass is 16.5. The fraction of sp³-hybridized carbons (Fsp3) is 0.143. The third-order valence-corrected chi connectivity index (χ3v) is 4.84. The zero-order valence-corrected chi connectivity index (χ0v) is 12.9. The molecule has 0 fully saturated rings. The molecule has 2 aliphatic rings. The summed E-state index contributed by atoms with van der Waals surface area (Å²) in [5, 5.41) is 0. The standard InChI is InChI=1S/C21H16O2/c1-14-10-11-16-15(12-14)13-22-21(16)17-6-2-4-8-19(17)23-20-9-5-3-7-18(20)21/h2-12H,13H2,1H3. The molecular weight excluding hydrogens is 284 g/mol. The Hall–Kier alpha value is -2.58. The van der Waals surface area contributed by atoms with Crippen LogP contribution in [0.4, 0.5) is 0 Å². The molecule has 23 heavy (non-hydrogen) atoms. The van der Waals surface area contributed by atoms with Crippen LogP contribution in [-0.2, 0) is 16.9 Å². The van der Waals surface area contributed by atoms with Crippen LogP contribution in [0.2, 0.25) is 0 Å². The van der Waals surface area contributed by atoms with Crippen molar-refractivity contribution in [3.63, 3.8) is 0 Å². The molecule has 0 N–H and O–H groups in total. The lowest BCUT2D eigenvalue weighted by Crippen LogP contribution is -2.32. The molecule has 2 heteroatoms. The van der Waals surface area contributed by atoms with Crippen LogP contribution in [0.25, 0.3) is 0 Å². The van der Waals surface area contributed by atoms with Gasteiger partial charge in [-0.3, -0.25) is 0 Å². The van der Waals surface area contributed by atoms with Crippen molar-refractivity contribution in [3.05, 3.63) is 94.5 Å². The summed E-state index contributed by atoms with van der Waals surface area (Å²) >= 11 is 0. The van der Waals surface area contributed by atoms with Crippen LogP contribution in [0.5, 0.6) is 11.5 Å². The SMILES string of the molecule is Cc1ccc2c(c1)COC21c2ccccc2Oc2ccccc21. The molecular formula is C21H16O2. The van der Waals surface area contributed by atoms with Crippen molar-refractivity contribution in [2.24, 2.45) is 0 Å². The van der Waals surface area contributed by atoms with Crippen LogP contribution in [0.1, 0.15) is 27.8 Å². The van der Waals surface area contributed by atoms with Gasteiger partial charge in [-0.1, -0.05) is 60.2 Å². The normalized spacial score (nSPS) is 16.4. The average molecular weight is 300 g/mol. The molecule has 3 aromatic carbocycles. The van der Waals surface area contributed by atoms with Crippen LogP contribution in [0, 0.1) is 6.92 Å². The molecule has 0 saturated heterocycles. The predicted molar refractivity (Wildman–Crippen MR) is 88.8 cm³/mol. The minimum Gasteiger partial charge on any atom is -0.457 e. The molecule has 0 amide bonds. The van der Waals surface area contributed by atoms with Gasteiger partial charge in [0.1, 0.15) is 11.5 Å². The summed E-state index contributed by atoms with van der Waals surface area (Å²) < 4.78 is 12.6. The molecule has 0 aromatic heterocycles. The second-order valence-electron chi connectivity index (χ2n) is 6.22. The van der Waals surface area contributed by atoms with Gasteiger partial charge >= 0.3 is 0 Å². The molecule has 3 aromatic rings. The Morgan fingerprint density at radius 2 is 1.43 bits per heavy atom. The van der Waals surface area contributed by atoms with Gasteiger partial charge in [-0.25, -0.2) is 0 Å². The predicted octanol–water partition coefficient (Wildman–Crippen LogP) is 4.92. The monoisotopic (exact) mass is 300 g/mol. The molecule has 0 atom stereocenters. The molecule has 0 aliphatic carbocycles. The van der Waals surface area contributed by atoms with Crippen molar-refractivity contribution in [1.29, 1.82) is 0 Å². The summed E-state index contributed by atoms with van der Waals surface area (Å²) in [5.74, 6) is 1.75. The van der Waals surface area contributed by atoms with Gasteiger partial charge in [-0.15, -0.1) is 0 Å². The number of ether oxygens (including phenoxy) is 2. The lowest BCUT2D eigenvalue weighted by Gasteiger charge is -2.37. The van der Waals surface area contributed by atoms with E-state index in [1.54, 1.807) is 0 Å². The average Bonchev–Trinajstić information content (AvgIpc) is 2.95. The summed E-state index contributed by atoms with van der Waals surface area (Å²) in [4.78, 5) is 0. The molecule has 0 unspecified atom stereocenters. The molecule has 2 nitrogen and oxygen atoms in total. The number of hydrogen-bond acceptors (Lipinski definition) is 2. The number of rotatable bonds is 0. The van der Waals surface area contributed by atoms with E-state index in [1.165, 1.54) is 16.7 Å². The van der Waals surface area contributed by atoms with Crippen LogP contribution in [-0.4, -0.2) is 0 Å². The fourth-order valence-electron chi connectivity index (χ4n) is 3.85. The largest absolute Gasteiger partial charge is 0.457 e. The lowest BCUT2D eigenvalue weighted by atomic mass is 9.77. The quantitative estimate of drug-likeness (QED) is 0.586. The Balaban J connectivity index is 1.88. The molecule has 1 spiro atoms. The smallest absolute Gasteiger partial charge is 0.151 e. The topological polar surface area (TPSA) is 18.5 Å². The van der Waals surface area contributed by atoms with Crippen molar-refractivity contribution < 1.29 is 9.47 Å². The highest BCUT2D eigenvalue weighted by molar-refractivity contribution is 5.63. The Kier molecular flexibility index (Phi) is 2.51. The third-order valence-electron chi connectivity index (χ3n) is 4.84. The van der Waals surface area contributed by atoms with Crippen molar-refractivity contribution in [2.75, 3.05) is 0 Å². The second kappa shape index (κ2) is 4.46. The van der Waals surface area contributed by atoms with Crippen molar-refractivity contribution in [2.45, 2.75) is 19.1 Å². The first-order valence-corrected chi connectivity index (χ1v) is 7.90. The summed E-state index contributed by atoms with van der Waals surface area (Å²) in [5.41, 5.74) is 5.36. The minimum atomic E-state index is -0.561. The molecule has 112 valence electrons. The Morgan fingerprint density at radius 1 is 0.783 bits per heavy atom. The van der Waals surface area contributed by atoms with E-state index in [4.69, 9.17) is 9.47 Å². The van der Waals surface area contributed by atoms with Gasteiger partial charge in [0.15, 0.2) is 5.60 Å². The van der Waals surface area contributed by atoms with Crippen LogP contribution >= 0.6 is 0 Å². The van der Waals surface area contributed by atoms with Crippen molar-refractivity contribution in [1.82, 2.24) is 0 Å². The second-order valence-corrected chi connectivity index (χ2v) is 6.22. The summed E-state index contributed by atoms with van der Waals surface area (Å²) in [7, 11) is 0. The van der Waals surface area contributed by atoms with Crippen molar-refractivity contribution >= 4 is 0 Å². The molecule has 5 rings (SSSR count). The van der Waals surface area contributed by atoms with Gasteiger partial charge in [0, 0.05) is 11.1 Å². The Morgan fingerprint density at radius 3 is 2.13 bits per heavy atom. The van der Waals surface area contributed by atoms with E-state index >= 15 is 0 Å². The van der Waals surface area contributed by atoms with Gasteiger partial charge < -0.3 is 9.47 Å². The van der Waals surface area contributed by atoms with Crippen molar-refractivity contribution in [3.8, 4) is 11.5 Å². The van der Waals surface area contributed by atoms with E-state index in [9.17, 15) is 0 Å². The maximum Gasteiger partial charge on any atom is 0.151 e. The molecule has 2 aliphatic heterocycles. The number of hydrogen-bond donors (Lipinski definition) is 0. The summed E-state index contributed by atoms with van der Waals surface area (Å²) in [6.45, 7) is 2.75. The third kappa shape index (κ3) is 1.61. The molecule has 0 radical (unpaired) electrons. The maximum atomic E-state index is 6.48. The zero-order chi connectivity index (χ0) is 15.4. The van der Waals surface area contributed by atoms with E-state index in [2.05, 4.69) is 37.3 Å². The van der Waals surface area contributed by atoms with Crippen LogP contribution in [0.15, 0.2) is 66.7 Å². The van der Waals surface area contributed by atoms with Gasteiger partial charge in [0.05, 0.1) is 6.61 Å². The highest BCUT2D eigenvalue weighted by Gasteiger charge is 2.49. The maximum absolute atomic E-state index is 6.48. The van der Waals surface area contributed by atoms with Gasteiger partial charge in [-0.05, 0) is 30.2 Å². The highest BCUT2D eigenvalue weighted by Crippen LogP contribution is 2.55. The van der Waals surface area contributed by atoms with Crippen LogP contribution in [0.3, 0.4) is 0 Å². The lowest BCUT2D eigenvalue weighted by molar-refractivity contribution is 0.0199. The fourth-order valence-corrected chi connectivity index (χ4v) is 3.85. The van der Waals surface area contributed by atoms with E-state index in [0.717, 1.165) is 22.6 Å². The Labute approximate surface area is 135 Å². The number of fused-ring (bicyclic) bond motifs is 6. The van der Waals surface area contributed by atoms with Gasteiger partial charge in [0.2, 0.25) is 0 Å². The van der Waals surface area contributed by atoms with E-state index in [-0.39, 0.29) is 0 Å². The van der Waals surface area contributed by atoms with E-state index in [1.807, 2.05) is 36.4 Å². The first-order chi connectivity index (χ1) is 11.3. The summed E-state index contributed by atoms with van der Waals surface area (Å²) in [6.07, 6.45) is 0. The number of para-hydroxylation sites is 2. The zero-order valence-electron chi connectivity index (χ0n) is 12.9. The van der Waals surface area contributed by atoms with Gasteiger partial charge in [-0.2, -0.15) is 0 Å². The summed E-state index contributed by atoms with van der Waals surface area (Å²) in [6, 6.07) is 23.0. The molecule has 0 bridgehead atoms. The Bertz CT molecular complexity index is 881. The number of aryl methyl sites for hydroxylation is 1. The van der Waals surface area contributed by atoms with E-state index in [0.29, 0.717) is 6.61 Å². The number of benzene rings is 3. The molecule has 0 saturated carbocycles. The van der Waals surface area contributed by atoms with Crippen LogP contribution < -0.4 is 4.74 Å². The van der Waals surface area contributed by atoms with Gasteiger partial charge in [0.25, 0.3) is 0 Å². The first kappa shape index (κ1) is 12.9. The minimum absolute atomic E-state index is 0.561. The first-order valence-electron chi connectivity index (χ1n) is 7.90. The molecule has 2 heterocycles.